The third kappa shape index (κ3) is 2.64. The maximum absolute atomic E-state index is 14.3. The number of halogens is 2. The van der Waals surface area contributed by atoms with Gasteiger partial charge >= 0.3 is 0 Å². The first-order valence-electron chi connectivity index (χ1n) is 6.13. The van der Waals surface area contributed by atoms with E-state index in [9.17, 15) is 8.78 Å². The molecule has 5 heteroatoms. The molecule has 0 aliphatic rings. The van der Waals surface area contributed by atoms with Crippen molar-refractivity contribution in [3.05, 3.63) is 64.7 Å². The first-order chi connectivity index (χ1) is 9.58. The van der Waals surface area contributed by atoms with Gasteiger partial charge in [0.05, 0.1) is 13.2 Å². The van der Waals surface area contributed by atoms with E-state index in [-0.39, 0.29) is 5.75 Å². The molecule has 0 saturated heterocycles. The minimum Gasteiger partial charge on any atom is -0.494 e. The number of rotatable bonds is 4. The zero-order valence-corrected chi connectivity index (χ0v) is 11.3. The van der Waals surface area contributed by atoms with Gasteiger partial charge in [0.2, 0.25) is 0 Å². The topological polar surface area (TPSA) is 47.3 Å². The lowest BCUT2D eigenvalue weighted by Crippen LogP contribution is -2.30. The Morgan fingerprint density at radius 1 is 1.15 bits per heavy atom. The van der Waals surface area contributed by atoms with Crippen LogP contribution in [0.15, 0.2) is 36.4 Å². The van der Waals surface area contributed by atoms with Crippen molar-refractivity contribution >= 4 is 0 Å². The third-order valence-corrected chi connectivity index (χ3v) is 3.24. The quantitative estimate of drug-likeness (QED) is 0.668. The predicted octanol–water partition coefficient (Wildman–Crippen LogP) is 2.83. The summed E-state index contributed by atoms with van der Waals surface area (Å²) >= 11 is 0. The SMILES string of the molecule is COc1cccc(C(NN)c2cc(F)ccc2C)c1F. The minimum absolute atomic E-state index is 0.122. The Morgan fingerprint density at radius 2 is 1.90 bits per heavy atom. The van der Waals surface area contributed by atoms with Gasteiger partial charge in [0.25, 0.3) is 0 Å². The van der Waals surface area contributed by atoms with Crippen molar-refractivity contribution in [2.45, 2.75) is 13.0 Å². The van der Waals surface area contributed by atoms with Crippen molar-refractivity contribution < 1.29 is 13.5 Å². The van der Waals surface area contributed by atoms with E-state index < -0.39 is 17.7 Å². The van der Waals surface area contributed by atoms with Gasteiger partial charge in [0, 0.05) is 5.56 Å². The van der Waals surface area contributed by atoms with E-state index in [1.807, 2.05) is 6.92 Å². The van der Waals surface area contributed by atoms with Crippen molar-refractivity contribution in [2.75, 3.05) is 7.11 Å². The molecule has 0 saturated carbocycles. The third-order valence-electron chi connectivity index (χ3n) is 3.24. The summed E-state index contributed by atoms with van der Waals surface area (Å²) < 4.78 is 32.7. The van der Waals surface area contributed by atoms with Gasteiger partial charge in [-0.15, -0.1) is 0 Å². The van der Waals surface area contributed by atoms with E-state index in [0.717, 1.165) is 5.56 Å². The van der Waals surface area contributed by atoms with Gasteiger partial charge in [-0.1, -0.05) is 18.2 Å². The van der Waals surface area contributed by atoms with E-state index in [2.05, 4.69) is 5.43 Å². The number of hydrogen-bond acceptors (Lipinski definition) is 3. The largest absolute Gasteiger partial charge is 0.494 e. The normalized spacial score (nSPS) is 12.2. The monoisotopic (exact) mass is 278 g/mol. The molecule has 0 heterocycles. The Morgan fingerprint density at radius 3 is 2.55 bits per heavy atom. The molecule has 20 heavy (non-hydrogen) atoms. The van der Waals surface area contributed by atoms with Gasteiger partial charge < -0.3 is 4.74 Å². The van der Waals surface area contributed by atoms with Crippen LogP contribution in [-0.2, 0) is 0 Å². The van der Waals surface area contributed by atoms with Crippen molar-refractivity contribution in [2.24, 2.45) is 5.84 Å². The van der Waals surface area contributed by atoms with Gasteiger partial charge in [-0.2, -0.15) is 0 Å². The molecule has 0 fully saturated rings. The van der Waals surface area contributed by atoms with Crippen LogP contribution in [0.5, 0.6) is 5.75 Å². The summed E-state index contributed by atoms with van der Waals surface area (Å²) in [6.45, 7) is 1.82. The second-order valence-corrected chi connectivity index (χ2v) is 4.46. The summed E-state index contributed by atoms with van der Waals surface area (Å²) in [6, 6.07) is 8.45. The number of methoxy groups -OCH3 is 1. The van der Waals surface area contributed by atoms with Crippen LogP contribution in [0.3, 0.4) is 0 Å². The molecule has 0 aliphatic carbocycles. The van der Waals surface area contributed by atoms with E-state index in [4.69, 9.17) is 10.6 Å². The van der Waals surface area contributed by atoms with Gasteiger partial charge in [-0.05, 0) is 36.2 Å². The van der Waals surface area contributed by atoms with Crippen LogP contribution in [0, 0.1) is 18.6 Å². The smallest absolute Gasteiger partial charge is 0.170 e. The lowest BCUT2D eigenvalue weighted by Gasteiger charge is -2.20. The molecule has 0 bridgehead atoms. The Balaban J connectivity index is 2.55. The number of nitrogens with one attached hydrogen (secondary N) is 1. The van der Waals surface area contributed by atoms with Crippen LogP contribution >= 0.6 is 0 Å². The van der Waals surface area contributed by atoms with Crippen molar-refractivity contribution in [1.29, 1.82) is 0 Å². The summed E-state index contributed by atoms with van der Waals surface area (Å²) in [5, 5.41) is 0. The number of nitrogens with two attached hydrogens (primary N) is 1. The number of ether oxygens (including phenoxy) is 1. The van der Waals surface area contributed by atoms with E-state index in [1.165, 1.54) is 25.3 Å². The summed E-state index contributed by atoms with van der Waals surface area (Å²) in [5.74, 6) is 4.75. The van der Waals surface area contributed by atoms with Crippen LogP contribution in [0.25, 0.3) is 0 Å². The fourth-order valence-electron chi connectivity index (χ4n) is 2.18. The van der Waals surface area contributed by atoms with E-state index in [0.29, 0.717) is 11.1 Å². The highest BCUT2D eigenvalue weighted by atomic mass is 19.1. The Bertz CT molecular complexity index is 617. The molecule has 0 aliphatic heterocycles. The second-order valence-electron chi connectivity index (χ2n) is 4.46. The zero-order valence-electron chi connectivity index (χ0n) is 11.3. The van der Waals surface area contributed by atoms with Crippen LogP contribution < -0.4 is 16.0 Å². The highest BCUT2D eigenvalue weighted by Crippen LogP contribution is 2.30. The number of benzene rings is 2. The summed E-state index contributed by atoms with van der Waals surface area (Å²) in [5.41, 5.74) is 4.24. The van der Waals surface area contributed by atoms with Crippen LogP contribution in [-0.4, -0.2) is 7.11 Å². The fourth-order valence-corrected chi connectivity index (χ4v) is 2.18. The first kappa shape index (κ1) is 14.4. The standard InChI is InChI=1S/C15H16F2N2O/c1-9-6-7-10(16)8-12(9)15(19-18)11-4-3-5-13(20-2)14(11)17/h3-8,15,19H,18H2,1-2H3. The maximum atomic E-state index is 14.3. The molecule has 0 radical (unpaired) electrons. The van der Waals surface area contributed by atoms with E-state index >= 15 is 0 Å². The van der Waals surface area contributed by atoms with Crippen LogP contribution in [0.4, 0.5) is 8.78 Å². The lowest BCUT2D eigenvalue weighted by atomic mass is 9.95. The Kier molecular flexibility index (Phi) is 4.32. The zero-order chi connectivity index (χ0) is 14.7. The number of hydrazine groups is 1. The highest BCUT2D eigenvalue weighted by molar-refractivity contribution is 5.41. The molecule has 2 aromatic carbocycles. The molecule has 0 spiro atoms. The van der Waals surface area contributed by atoms with Gasteiger partial charge in [-0.3, -0.25) is 5.84 Å². The lowest BCUT2D eigenvalue weighted by molar-refractivity contribution is 0.381. The second kappa shape index (κ2) is 5.98. The average Bonchev–Trinajstić information content (AvgIpc) is 2.45. The molecule has 2 rings (SSSR count). The molecular formula is C15H16F2N2O. The highest BCUT2D eigenvalue weighted by Gasteiger charge is 2.21. The average molecular weight is 278 g/mol. The first-order valence-corrected chi connectivity index (χ1v) is 6.13. The van der Waals surface area contributed by atoms with Crippen LogP contribution in [0.2, 0.25) is 0 Å². The molecule has 3 nitrogen and oxygen atoms in total. The minimum atomic E-state index is -0.652. The number of hydrogen-bond donors (Lipinski definition) is 2. The fraction of sp³-hybridized carbons (Fsp3) is 0.200. The predicted molar refractivity (Wildman–Crippen MR) is 73.3 cm³/mol. The van der Waals surface area contributed by atoms with Gasteiger partial charge in [-0.25, -0.2) is 14.2 Å². The molecule has 3 N–H and O–H groups in total. The van der Waals surface area contributed by atoms with Crippen molar-refractivity contribution in [3.8, 4) is 5.75 Å². The van der Waals surface area contributed by atoms with E-state index in [1.54, 1.807) is 18.2 Å². The molecule has 2 aromatic rings. The van der Waals surface area contributed by atoms with Crippen LogP contribution in [0.1, 0.15) is 22.7 Å². The Hall–Kier alpha value is -1.98. The van der Waals surface area contributed by atoms with Crippen molar-refractivity contribution in [1.82, 2.24) is 5.43 Å². The summed E-state index contributed by atoms with van der Waals surface area (Å²) in [6.07, 6.45) is 0. The molecule has 106 valence electrons. The van der Waals surface area contributed by atoms with Gasteiger partial charge in [0.1, 0.15) is 5.82 Å². The molecule has 1 unspecified atom stereocenters. The maximum Gasteiger partial charge on any atom is 0.170 e. The molecule has 1 atom stereocenters. The summed E-state index contributed by atoms with van der Waals surface area (Å²) in [7, 11) is 1.39. The summed E-state index contributed by atoms with van der Waals surface area (Å²) in [4.78, 5) is 0. The Labute approximate surface area is 116 Å². The van der Waals surface area contributed by atoms with Gasteiger partial charge in [0.15, 0.2) is 11.6 Å². The van der Waals surface area contributed by atoms with Crippen molar-refractivity contribution in [3.63, 3.8) is 0 Å². The molecular weight excluding hydrogens is 262 g/mol. The molecule has 0 aromatic heterocycles. The molecule has 0 amide bonds. The number of aryl methyl sites for hydroxylation is 1.